The highest BCUT2D eigenvalue weighted by Gasteiger charge is 2.42. The maximum atomic E-state index is 13.0. The zero-order chi connectivity index (χ0) is 15.7. The van der Waals surface area contributed by atoms with E-state index < -0.39 is 30.4 Å². The minimum Gasteiger partial charge on any atom is -0.369 e. The Kier molecular flexibility index (Phi) is 4.36. The molecule has 1 fully saturated rings. The topological polar surface area (TPSA) is 15.3 Å². The molecule has 1 atom stereocenters. The fraction of sp³-hybridized carbons (Fsp3) is 0.538. The number of alkyl halides is 6. The van der Waals surface area contributed by atoms with Gasteiger partial charge in [0.2, 0.25) is 0 Å². The predicted octanol–water partition coefficient (Wildman–Crippen LogP) is 3.29. The Bertz CT molecular complexity index is 482. The highest BCUT2D eigenvalue weighted by atomic mass is 19.4. The summed E-state index contributed by atoms with van der Waals surface area (Å²) in [6.45, 7) is -0.462. The molecule has 1 aromatic carbocycles. The van der Waals surface area contributed by atoms with Gasteiger partial charge in [-0.25, -0.2) is 0 Å². The lowest BCUT2D eigenvalue weighted by atomic mass is 10.1. The van der Waals surface area contributed by atoms with E-state index in [1.165, 1.54) is 18.2 Å². The lowest BCUT2D eigenvalue weighted by Crippen LogP contribution is -2.38. The minimum absolute atomic E-state index is 0.0969. The second kappa shape index (κ2) is 5.75. The molecule has 0 radical (unpaired) electrons. The molecule has 1 unspecified atom stereocenters. The van der Waals surface area contributed by atoms with Gasteiger partial charge < -0.3 is 10.2 Å². The number of rotatable bonds is 1. The average molecular weight is 312 g/mol. The summed E-state index contributed by atoms with van der Waals surface area (Å²) < 4.78 is 77.5. The molecule has 118 valence electrons. The Labute approximate surface area is 117 Å². The molecule has 1 aromatic rings. The van der Waals surface area contributed by atoms with Crippen molar-refractivity contribution in [3.05, 3.63) is 29.8 Å². The van der Waals surface area contributed by atoms with E-state index in [0.717, 1.165) is 11.0 Å². The third-order valence-electron chi connectivity index (χ3n) is 3.40. The van der Waals surface area contributed by atoms with Gasteiger partial charge in [0.1, 0.15) is 0 Å². The quantitative estimate of drug-likeness (QED) is 0.801. The predicted molar refractivity (Wildman–Crippen MR) is 66.1 cm³/mol. The maximum absolute atomic E-state index is 13.0. The van der Waals surface area contributed by atoms with Crippen LogP contribution in [0.1, 0.15) is 5.56 Å². The Morgan fingerprint density at radius 1 is 1.05 bits per heavy atom. The first-order valence-corrected chi connectivity index (χ1v) is 6.38. The monoisotopic (exact) mass is 312 g/mol. The van der Waals surface area contributed by atoms with Gasteiger partial charge in [-0.05, 0) is 12.1 Å². The molecule has 1 aliphatic rings. The number of nitrogens with zero attached hydrogens (tertiary/aromatic N) is 1. The van der Waals surface area contributed by atoms with E-state index in [1.54, 1.807) is 0 Å². The summed E-state index contributed by atoms with van der Waals surface area (Å²) in [5.74, 6) is -1.69. The van der Waals surface area contributed by atoms with Crippen molar-refractivity contribution < 1.29 is 26.3 Å². The Hall–Kier alpha value is -1.44. The van der Waals surface area contributed by atoms with Crippen LogP contribution in [0, 0.1) is 5.92 Å². The molecule has 1 heterocycles. The molecule has 0 aromatic heterocycles. The number of halogens is 6. The first-order valence-electron chi connectivity index (χ1n) is 6.38. The van der Waals surface area contributed by atoms with Crippen LogP contribution >= 0.6 is 0 Å². The molecule has 0 spiro atoms. The smallest absolute Gasteiger partial charge is 0.369 e. The molecule has 21 heavy (non-hydrogen) atoms. The van der Waals surface area contributed by atoms with Gasteiger partial charge in [0.25, 0.3) is 0 Å². The van der Waals surface area contributed by atoms with Crippen LogP contribution in [-0.4, -0.2) is 32.4 Å². The summed E-state index contributed by atoms with van der Waals surface area (Å²) in [5, 5.41) is 2.62. The number of hydrogen-bond acceptors (Lipinski definition) is 2. The van der Waals surface area contributed by atoms with Crippen LogP contribution < -0.4 is 10.2 Å². The van der Waals surface area contributed by atoms with Crippen LogP contribution in [-0.2, 0) is 6.18 Å². The minimum atomic E-state index is -4.59. The van der Waals surface area contributed by atoms with E-state index in [-0.39, 0.29) is 25.3 Å². The van der Waals surface area contributed by atoms with E-state index in [4.69, 9.17) is 0 Å². The highest BCUT2D eigenvalue weighted by Crippen LogP contribution is 2.37. The van der Waals surface area contributed by atoms with Crippen LogP contribution in [0.4, 0.5) is 32.0 Å². The SMILES string of the molecule is FC(F)(F)c1ccccc1N1CCNCC(C(F)(F)F)C1. The first kappa shape index (κ1) is 15.9. The number of hydrogen-bond donors (Lipinski definition) is 1. The second-order valence-corrected chi connectivity index (χ2v) is 4.90. The molecule has 2 rings (SSSR count). The van der Waals surface area contributed by atoms with Gasteiger partial charge in [0.15, 0.2) is 0 Å². The van der Waals surface area contributed by atoms with Gasteiger partial charge in [-0.1, -0.05) is 12.1 Å². The summed E-state index contributed by atoms with van der Waals surface area (Å²) in [5.41, 5.74) is -1.12. The first-order chi connectivity index (χ1) is 9.69. The van der Waals surface area contributed by atoms with Crippen molar-refractivity contribution in [3.8, 4) is 0 Å². The number of para-hydroxylation sites is 1. The zero-order valence-electron chi connectivity index (χ0n) is 10.9. The lowest BCUT2D eigenvalue weighted by Gasteiger charge is -2.29. The van der Waals surface area contributed by atoms with E-state index in [0.29, 0.717) is 0 Å². The fourth-order valence-corrected chi connectivity index (χ4v) is 2.34. The van der Waals surface area contributed by atoms with Crippen LogP contribution in [0.25, 0.3) is 0 Å². The summed E-state index contributed by atoms with van der Waals surface area (Å²) in [6, 6.07) is 4.72. The summed E-state index contributed by atoms with van der Waals surface area (Å²) >= 11 is 0. The Morgan fingerprint density at radius 2 is 1.71 bits per heavy atom. The van der Waals surface area contributed by atoms with Gasteiger partial charge in [0.05, 0.1) is 11.5 Å². The van der Waals surface area contributed by atoms with Crippen molar-refractivity contribution in [2.24, 2.45) is 5.92 Å². The normalized spacial score (nSPS) is 21.2. The molecular weight excluding hydrogens is 298 g/mol. The molecule has 0 aliphatic carbocycles. The van der Waals surface area contributed by atoms with E-state index >= 15 is 0 Å². The lowest BCUT2D eigenvalue weighted by molar-refractivity contribution is -0.169. The fourth-order valence-electron chi connectivity index (χ4n) is 2.34. The van der Waals surface area contributed by atoms with E-state index in [9.17, 15) is 26.3 Å². The molecule has 1 saturated heterocycles. The standard InChI is InChI=1S/C13H14F6N2/c14-12(15,16)9-7-20-5-6-21(8-9)11-4-2-1-3-10(11)13(17,18)19/h1-4,9,20H,5-8H2. The van der Waals surface area contributed by atoms with Crippen LogP contribution in [0.2, 0.25) is 0 Å². The molecule has 8 heteroatoms. The maximum Gasteiger partial charge on any atom is 0.418 e. The van der Waals surface area contributed by atoms with E-state index in [2.05, 4.69) is 5.32 Å². The zero-order valence-corrected chi connectivity index (χ0v) is 10.9. The largest absolute Gasteiger partial charge is 0.418 e. The number of benzene rings is 1. The number of nitrogens with one attached hydrogen (secondary N) is 1. The molecular formula is C13H14F6N2. The van der Waals surface area contributed by atoms with Crippen molar-refractivity contribution in [3.63, 3.8) is 0 Å². The van der Waals surface area contributed by atoms with Crippen molar-refractivity contribution in [2.75, 3.05) is 31.1 Å². The van der Waals surface area contributed by atoms with Crippen molar-refractivity contribution in [2.45, 2.75) is 12.4 Å². The molecule has 2 nitrogen and oxygen atoms in total. The van der Waals surface area contributed by atoms with E-state index in [1.807, 2.05) is 0 Å². The van der Waals surface area contributed by atoms with Gasteiger partial charge in [-0.15, -0.1) is 0 Å². The van der Waals surface area contributed by atoms with Crippen LogP contribution in [0.3, 0.4) is 0 Å². The van der Waals surface area contributed by atoms with Crippen molar-refractivity contribution >= 4 is 5.69 Å². The Morgan fingerprint density at radius 3 is 2.33 bits per heavy atom. The average Bonchev–Trinajstić information content (AvgIpc) is 2.63. The summed E-state index contributed by atoms with van der Waals surface area (Å²) in [6.07, 6.45) is -9.03. The third-order valence-corrected chi connectivity index (χ3v) is 3.40. The van der Waals surface area contributed by atoms with Crippen molar-refractivity contribution in [1.82, 2.24) is 5.32 Å². The summed E-state index contributed by atoms with van der Waals surface area (Å²) in [4.78, 5) is 1.15. The summed E-state index contributed by atoms with van der Waals surface area (Å²) in [7, 11) is 0. The third kappa shape index (κ3) is 3.81. The van der Waals surface area contributed by atoms with Gasteiger partial charge in [0, 0.05) is 31.9 Å². The molecule has 1 aliphatic heterocycles. The van der Waals surface area contributed by atoms with Crippen LogP contribution in [0.5, 0.6) is 0 Å². The molecule has 1 N–H and O–H groups in total. The molecule has 0 saturated carbocycles. The molecule has 0 bridgehead atoms. The van der Waals surface area contributed by atoms with Gasteiger partial charge in [-0.2, -0.15) is 26.3 Å². The van der Waals surface area contributed by atoms with Gasteiger partial charge in [-0.3, -0.25) is 0 Å². The van der Waals surface area contributed by atoms with Gasteiger partial charge >= 0.3 is 12.4 Å². The van der Waals surface area contributed by atoms with Crippen LogP contribution in [0.15, 0.2) is 24.3 Å². The Balaban J connectivity index is 2.32. The second-order valence-electron chi connectivity index (χ2n) is 4.90. The highest BCUT2D eigenvalue weighted by molar-refractivity contribution is 5.55. The molecule has 0 amide bonds. The number of anilines is 1. The van der Waals surface area contributed by atoms with Crippen molar-refractivity contribution in [1.29, 1.82) is 0 Å².